The fourth-order valence-electron chi connectivity index (χ4n) is 2.50. The molecule has 96 valence electrons. The minimum Gasteiger partial charge on any atom is -0.390 e. The van der Waals surface area contributed by atoms with Crippen LogP contribution in [0.2, 0.25) is 0 Å². The third-order valence-electron chi connectivity index (χ3n) is 3.24. The van der Waals surface area contributed by atoms with Gasteiger partial charge in [-0.15, -0.1) is 0 Å². The van der Waals surface area contributed by atoms with E-state index in [2.05, 4.69) is 4.98 Å². The smallest absolute Gasteiger partial charge is 0.122 e. The van der Waals surface area contributed by atoms with Gasteiger partial charge in [-0.2, -0.15) is 0 Å². The standard InChI is InChI=1S/C15H19NO2/c1-11(10-17)7-15(2,18)8-12-9-16-14-6-4-3-5-13(12)14/h3-6,9-11,16,18H,7-8H2,1-2H3. The summed E-state index contributed by atoms with van der Waals surface area (Å²) < 4.78 is 0. The number of rotatable bonds is 5. The number of hydrogen-bond donors (Lipinski definition) is 2. The van der Waals surface area contributed by atoms with Gasteiger partial charge in [-0.1, -0.05) is 25.1 Å². The van der Waals surface area contributed by atoms with E-state index in [0.717, 1.165) is 22.8 Å². The van der Waals surface area contributed by atoms with Gasteiger partial charge in [0.2, 0.25) is 0 Å². The molecule has 2 atom stereocenters. The maximum Gasteiger partial charge on any atom is 0.122 e. The first-order chi connectivity index (χ1) is 8.52. The van der Waals surface area contributed by atoms with Crippen molar-refractivity contribution in [2.75, 3.05) is 0 Å². The predicted molar refractivity (Wildman–Crippen MR) is 72.5 cm³/mol. The van der Waals surface area contributed by atoms with Gasteiger partial charge in [-0.3, -0.25) is 0 Å². The fraction of sp³-hybridized carbons (Fsp3) is 0.400. The van der Waals surface area contributed by atoms with Crippen LogP contribution in [0.1, 0.15) is 25.8 Å². The third-order valence-corrected chi connectivity index (χ3v) is 3.24. The molecule has 0 spiro atoms. The van der Waals surface area contributed by atoms with Crippen molar-refractivity contribution < 1.29 is 9.90 Å². The summed E-state index contributed by atoms with van der Waals surface area (Å²) in [5, 5.41) is 11.5. The molecule has 2 unspecified atom stereocenters. The van der Waals surface area contributed by atoms with Crippen molar-refractivity contribution in [1.82, 2.24) is 4.98 Å². The quantitative estimate of drug-likeness (QED) is 0.796. The molecule has 0 bridgehead atoms. The van der Waals surface area contributed by atoms with E-state index in [1.165, 1.54) is 0 Å². The van der Waals surface area contributed by atoms with Gasteiger partial charge >= 0.3 is 0 Å². The molecule has 18 heavy (non-hydrogen) atoms. The second-order valence-corrected chi connectivity index (χ2v) is 5.35. The van der Waals surface area contributed by atoms with E-state index in [1.54, 1.807) is 6.92 Å². The normalized spacial score (nSPS) is 16.4. The van der Waals surface area contributed by atoms with Crippen LogP contribution in [0, 0.1) is 5.92 Å². The Labute approximate surface area is 107 Å². The Bertz CT molecular complexity index is 542. The number of aromatic amines is 1. The lowest BCUT2D eigenvalue weighted by atomic mass is 9.88. The molecule has 1 heterocycles. The van der Waals surface area contributed by atoms with Gasteiger partial charge in [0.25, 0.3) is 0 Å². The lowest BCUT2D eigenvalue weighted by Crippen LogP contribution is -2.30. The Balaban J connectivity index is 2.20. The van der Waals surface area contributed by atoms with Gasteiger partial charge < -0.3 is 14.9 Å². The van der Waals surface area contributed by atoms with E-state index in [-0.39, 0.29) is 5.92 Å². The number of para-hydroxylation sites is 1. The third kappa shape index (κ3) is 2.79. The number of H-pyrrole nitrogens is 1. The SMILES string of the molecule is CC(C=O)CC(C)(O)Cc1c[nH]c2ccccc12. The molecule has 0 saturated carbocycles. The molecule has 0 saturated heterocycles. The van der Waals surface area contributed by atoms with Crippen molar-refractivity contribution in [3.8, 4) is 0 Å². The summed E-state index contributed by atoms with van der Waals surface area (Å²) in [7, 11) is 0. The number of fused-ring (bicyclic) bond motifs is 1. The van der Waals surface area contributed by atoms with Crippen LogP contribution >= 0.6 is 0 Å². The highest BCUT2D eigenvalue weighted by atomic mass is 16.3. The van der Waals surface area contributed by atoms with E-state index in [4.69, 9.17) is 0 Å². The summed E-state index contributed by atoms with van der Waals surface area (Å²) >= 11 is 0. The van der Waals surface area contributed by atoms with Gasteiger partial charge in [-0.05, 0) is 25.0 Å². The van der Waals surface area contributed by atoms with E-state index < -0.39 is 5.60 Å². The van der Waals surface area contributed by atoms with Gasteiger partial charge in [-0.25, -0.2) is 0 Å². The first-order valence-corrected chi connectivity index (χ1v) is 6.24. The van der Waals surface area contributed by atoms with Crippen LogP contribution in [0.25, 0.3) is 10.9 Å². The largest absolute Gasteiger partial charge is 0.390 e. The topological polar surface area (TPSA) is 53.1 Å². The van der Waals surface area contributed by atoms with E-state index in [1.807, 2.05) is 37.4 Å². The second kappa shape index (κ2) is 4.94. The first-order valence-electron chi connectivity index (χ1n) is 6.24. The summed E-state index contributed by atoms with van der Waals surface area (Å²) in [6, 6.07) is 8.03. The average molecular weight is 245 g/mol. The van der Waals surface area contributed by atoms with Gasteiger partial charge in [0.1, 0.15) is 6.29 Å². The van der Waals surface area contributed by atoms with Crippen molar-refractivity contribution in [3.05, 3.63) is 36.0 Å². The van der Waals surface area contributed by atoms with Crippen LogP contribution in [0.5, 0.6) is 0 Å². The van der Waals surface area contributed by atoms with Crippen LogP contribution < -0.4 is 0 Å². The molecule has 0 fully saturated rings. The lowest BCUT2D eigenvalue weighted by Gasteiger charge is -2.24. The molecule has 1 aromatic carbocycles. The highest BCUT2D eigenvalue weighted by molar-refractivity contribution is 5.83. The van der Waals surface area contributed by atoms with Crippen molar-refractivity contribution in [3.63, 3.8) is 0 Å². The number of nitrogens with one attached hydrogen (secondary N) is 1. The molecule has 2 aromatic rings. The molecule has 0 aliphatic rings. The lowest BCUT2D eigenvalue weighted by molar-refractivity contribution is -0.112. The Morgan fingerprint density at radius 2 is 2.17 bits per heavy atom. The van der Waals surface area contributed by atoms with Crippen molar-refractivity contribution in [2.24, 2.45) is 5.92 Å². The number of aldehydes is 1. The predicted octanol–water partition coefficient (Wildman–Crippen LogP) is 2.69. The molecule has 1 aromatic heterocycles. The Morgan fingerprint density at radius 1 is 1.44 bits per heavy atom. The maximum absolute atomic E-state index is 10.7. The van der Waals surface area contributed by atoms with Gasteiger partial charge in [0, 0.05) is 29.4 Å². The molecule has 0 aliphatic carbocycles. The monoisotopic (exact) mass is 245 g/mol. The van der Waals surface area contributed by atoms with Crippen LogP contribution in [-0.4, -0.2) is 22.0 Å². The number of carbonyl (C=O) groups excluding carboxylic acids is 1. The van der Waals surface area contributed by atoms with Crippen LogP contribution in [0.4, 0.5) is 0 Å². The molecule has 3 heteroatoms. The molecule has 0 amide bonds. The number of carbonyl (C=O) groups is 1. The van der Waals surface area contributed by atoms with Crippen LogP contribution in [-0.2, 0) is 11.2 Å². The molecular weight excluding hydrogens is 226 g/mol. The summed E-state index contributed by atoms with van der Waals surface area (Å²) in [4.78, 5) is 13.9. The Morgan fingerprint density at radius 3 is 2.89 bits per heavy atom. The molecule has 2 rings (SSSR count). The molecule has 2 N–H and O–H groups in total. The number of aromatic nitrogens is 1. The average Bonchev–Trinajstić information content (AvgIpc) is 2.71. The maximum atomic E-state index is 10.7. The molecular formula is C15H19NO2. The number of hydrogen-bond acceptors (Lipinski definition) is 2. The van der Waals surface area contributed by atoms with E-state index >= 15 is 0 Å². The zero-order chi connectivity index (χ0) is 13.2. The van der Waals surface area contributed by atoms with E-state index in [0.29, 0.717) is 12.8 Å². The van der Waals surface area contributed by atoms with Crippen molar-refractivity contribution in [1.29, 1.82) is 0 Å². The van der Waals surface area contributed by atoms with Crippen molar-refractivity contribution >= 4 is 17.2 Å². The summed E-state index contributed by atoms with van der Waals surface area (Å²) in [5.74, 6) is -0.120. The Hall–Kier alpha value is -1.61. The zero-order valence-corrected chi connectivity index (χ0v) is 10.8. The highest BCUT2D eigenvalue weighted by Gasteiger charge is 2.24. The molecule has 3 nitrogen and oxygen atoms in total. The van der Waals surface area contributed by atoms with Crippen LogP contribution in [0.15, 0.2) is 30.5 Å². The van der Waals surface area contributed by atoms with Gasteiger partial charge in [0.15, 0.2) is 0 Å². The first kappa shape index (κ1) is 12.8. The summed E-state index contributed by atoms with van der Waals surface area (Å²) in [5.41, 5.74) is 1.31. The van der Waals surface area contributed by atoms with Crippen molar-refractivity contribution in [2.45, 2.75) is 32.3 Å². The molecule has 0 radical (unpaired) electrons. The number of benzene rings is 1. The van der Waals surface area contributed by atoms with E-state index in [9.17, 15) is 9.90 Å². The molecule has 0 aliphatic heterocycles. The minimum atomic E-state index is -0.856. The zero-order valence-electron chi connectivity index (χ0n) is 10.8. The summed E-state index contributed by atoms with van der Waals surface area (Å²) in [6.45, 7) is 3.62. The minimum absolute atomic E-state index is 0.120. The second-order valence-electron chi connectivity index (χ2n) is 5.35. The summed E-state index contributed by atoms with van der Waals surface area (Å²) in [6.07, 6.45) is 3.86. The Kier molecular flexibility index (Phi) is 3.53. The highest BCUT2D eigenvalue weighted by Crippen LogP contribution is 2.25. The van der Waals surface area contributed by atoms with Crippen LogP contribution in [0.3, 0.4) is 0 Å². The fourth-order valence-corrected chi connectivity index (χ4v) is 2.50. The number of aliphatic hydroxyl groups is 1. The van der Waals surface area contributed by atoms with Gasteiger partial charge in [0.05, 0.1) is 5.60 Å².